The number of halogens is 1. The van der Waals surface area contributed by atoms with Gasteiger partial charge in [-0.3, -0.25) is 4.90 Å². The molecule has 0 fully saturated rings. The van der Waals surface area contributed by atoms with Crippen LogP contribution in [0.5, 0.6) is 5.75 Å². The van der Waals surface area contributed by atoms with Gasteiger partial charge in [0.25, 0.3) is 0 Å². The van der Waals surface area contributed by atoms with E-state index in [-0.39, 0.29) is 5.75 Å². The van der Waals surface area contributed by atoms with E-state index in [0.29, 0.717) is 5.02 Å². The molecule has 0 unspecified atom stereocenters. The molecule has 76 valence electrons. The van der Waals surface area contributed by atoms with E-state index in [1.54, 1.807) is 12.1 Å². The SMILES string of the molecule is C=CCN(C)Cc1ccc(O)c(Cl)c1. The van der Waals surface area contributed by atoms with Gasteiger partial charge in [0.2, 0.25) is 0 Å². The lowest BCUT2D eigenvalue weighted by Crippen LogP contribution is -2.17. The molecule has 0 saturated heterocycles. The Balaban J connectivity index is 2.67. The van der Waals surface area contributed by atoms with Gasteiger partial charge >= 0.3 is 0 Å². The van der Waals surface area contributed by atoms with E-state index in [1.807, 2.05) is 19.2 Å². The third kappa shape index (κ3) is 3.05. The number of likely N-dealkylation sites (N-methyl/N-ethyl adjacent to an activating group) is 1. The fourth-order valence-electron chi connectivity index (χ4n) is 1.25. The van der Waals surface area contributed by atoms with Crippen molar-refractivity contribution in [2.24, 2.45) is 0 Å². The predicted molar refractivity (Wildman–Crippen MR) is 59.6 cm³/mol. The molecule has 1 rings (SSSR count). The first-order valence-electron chi connectivity index (χ1n) is 4.40. The smallest absolute Gasteiger partial charge is 0.134 e. The second-order valence-corrected chi connectivity index (χ2v) is 3.68. The minimum absolute atomic E-state index is 0.127. The minimum atomic E-state index is 0.127. The largest absolute Gasteiger partial charge is 0.506 e. The third-order valence-electron chi connectivity index (χ3n) is 1.91. The topological polar surface area (TPSA) is 23.5 Å². The molecule has 1 N–H and O–H groups in total. The fraction of sp³-hybridized carbons (Fsp3) is 0.273. The first kappa shape index (κ1) is 11.1. The lowest BCUT2D eigenvalue weighted by atomic mass is 10.2. The molecule has 0 heterocycles. The summed E-state index contributed by atoms with van der Waals surface area (Å²) in [5.74, 6) is 0.127. The number of benzene rings is 1. The van der Waals surface area contributed by atoms with Gasteiger partial charge in [0.05, 0.1) is 5.02 Å². The first-order valence-corrected chi connectivity index (χ1v) is 4.78. The Bertz CT molecular complexity index is 325. The molecule has 0 aliphatic heterocycles. The molecule has 1 aromatic carbocycles. The second-order valence-electron chi connectivity index (χ2n) is 3.27. The number of rotatable bonds is 4. The van der Waals surface area contributed by atoms with Crippen LogP contribution in [0.3, 0.4) is 0 Å². The molecule has 0 atom stereocenters. The Morgan fingerprint density at radius 1 is 1.57 bits per heavy atom. The minimum Gasteiger partial charge on any atom is -0.506 e. The molecule has 0 aliphatic rings. The average Bonchev–Trinajstić information content (AvgIpc) is 2.12. The van der Waals surface area contributed by atoms with E-state index in [4.69, 9.17) is 11.6 Å². The zero-order valence-corrected chi connectivity index (χ0v) is 8.96. The van der Waals surface area contributed by atoms with Crippen LogP contribution in [0.2, 0.25) is 5.02 Å². The lowest BCUT2D eigenvalue weighted by Gasteiger charge is -2.14. The Labute approximate surface area is 89.4 Å². The van der Waals surface area contributed by atoms with Gasteiger partial charge in [-0.25, -0.2) is 0 Å². The molecule has 0 amide bonds. The van der Waals surface area contributed by atoms with Gasteiger partial charge in [-0.2, -0.15) is 0 Å². The summed E-state index contributed by atoms with van der Waals surface area (Å²) in [4.78, 5) is 2.11. The maximum absolute atomic E-state index is 9.22. The molecule has 0 bridgehead atoms. The van der Waals surface area contributed by atoms with Crippen LogP contribution in [-0.4, -0.2) is 23.6 Å². The van der Waals surface area contributed by atoms with E-state index in [0.717, 1.165) is 18.7 Å². The number of aromatic hydroxyl groups is 1. The standard InChI is InChI=1S/C11H14ClNO/c1-3-6-13(2)8-9-4-5-11(14)10(12)7-9/h3-5,7,14H,1,6,8H2,2H3. The van der Waals surface area contributed by atoms with Gasteiger partial charge in [0, 0.05) is 13.1 Å². The normalized spacial score (nSPS) is 10.5. The van der Waals surface area contributed by atoms with Crippen LogP contribution in [0, 0.1) is 0 Å². The summed E-state index contributed by atoms with van der Waals surface area (Å²) >= 11 is 5.79. The van der Waals surface area contributed by atoms with Crippen LogP contribution in [-0.2, 0) is 6.54 Å². The maximum atomic E-state index is 9.22. The van der Waals surface area contributed by atoms with Gasteiger partial charge in [-0.15, -0.1) is 6.58 Å². The quantitative estimate of drug-likeness (QED) is 0.775. The van der Waals surface area contributed by atoms with Gasteiger partial charge < -0.3 is 5.11 Å². The number of hydrogen-bond acceptors (Lipinski definition) is 2. The number of phenols is 1. The number of nitrogens with zero attached hydrogens (tertiary/aromatic N) is 1. The second kappa shape index (κ2) is 5.03. The molecule has 3 heteroatoms. The number of phenolic OH excluding ortho intramolecular Hbond substituents is 1. The van der Waals surface area contributed by atoms with Crippen molar-refractivity contribution < 1.29 is 5.11 Å². The molecule has 0 spiro atoms. The van der Waals surface area contributed by atoms with E-state index < -0.39 is 0 Å². The summed E-state index contributed by atoms with van der Waals surface area (Å²) < 4.78 is 0. The van der Waals surface area contributed by atoms with Gasteiger partial charge in [0.15, 0.2) is 0 Å². The van der Waals surface area contributed by atoms with Crippen molar-refractivity contribution in [3.63, 3.8) is 0 Å². The Hall–Kier alpha value is -0.990. The van der Waals surface area contributed by atoms with Crippen LogP contribution < -0.4 is 0 Å². The van der Waals surface area contributed by atoms with Crippen molar-refractivity contribution in [2.45, 2.75) is 6.54 Å². The van der Waals surface area contributed by atoms with Crippen molar-refractivity contribution in [3.05, 3.63) is 41.4 Å². The molecule has 1 aromatic rings. The Kier molecular flexibility index (Phi) is 3.98. The van der Waals surface area contributed by atoms with Gasteiger partial charge in [0.1, 0.15) is 5.75 Å². The monoisotopic (exact) mass is 211 g/mol. The van der Waals surface area contributed by atoms with Crippen molar-refractivity contribution in [3.8, 4) is 5.75 Å². The van der Waals surface area contributed by atoms with Crippen molar-refractivity contribution in [1.29, 1.82) is 0 Å². The average molecular weight is 212 g/mol. The highest BCUT2D eigenvalue weighted by atomic mass is 35.5. The van der Waals surface area contributed by atoms with Crippen LogP contribution in [0.15, 0.2) is 30.9 Å². The summed E-state index contributed by atoms with van der Waals surface area (Å²) in [6.07, 6.45) is 1.85. The zero-order chi connectivity index (χ0) is 10.6. The summed E-state index contributed by atoms with van der Waals surface area (Å²) in [7, 11) is 2.00. The molecular weight excluding hydrogens is 198 g/mol. The molecule has 14 heavy (non-hydrogen) atoms. The molecule has 0 saturated carbocycles. The molecule has 0 radical (unpaired) electrons. The van der Waals surface area contributed by atoms with Crippen LogP contribution in [0.25, 0.3) is 0 Å². The first-order chi connectivity index (χ1) is 6.63. The highest BCUT2D eigenvalue weighted by molar-refractivity contribution is 6.32. The number of hydrogen-bond donors (Lipinski definition) is 1. The van der Waals surface area contributed by atoms with E-state index >= 15 is 0 Å². The van der Waals surface area contributed by atoms with Crippen molar-refractivity contribution in [2.75, 3.05) is 13.6 Å². The Morgan fingerprint density at radius 2 is 2.29 bits per heavy atom. The Morgan fingerprint density at radius 3 is 2.86 bits per heavy atom. The molecule has 2 nitrogen and oxygen atoms in total. The third-order valence-corrected chi connectivity index (χ3v) is 2.21. The van der Waals surface area contributed by atoms with Gasteiger partial charge in [-0.1, -0.05) is 23.7 Å². The molecule has 0 aromatic heterocycles. The van der Waals surface area contributed by atoms with Crippen molar-refractivity contribution in [1.82, 2.24) is 4.90 Å². The maximum Gasteiger partial charge on any atom is 0.134 e. The molecular formula is C11H14ClNO. The summed E-state index contributed by atoms with van der Waals surface area (Å²) in [6, 6.07) is 5.25. The molecule has 0 aliphatic carbocycles. The van der Waals surface area contributed by atoms with E-state index in [1.165, 1.54) is 0 Å². The highest BCUT2D eigenvalue weighted by Crippen LogP contribution is 2.23. The fourth-order valence-corrected chi connectivity index (χ4v) is 1.45. The van der Waals surface area contributed by atoms with Crippen LogP contribution in [0.4, 0.5) is 0 Å². The predicted octanol–water partition coefficient (Wildman–Crippen LogP) is 2.66. The summed E-state index contributed by atoms with van der Waals surface area (Å²) in [6.45, 7) is 5.30. The lowest BCUT2D eigenvalue weighted by molar-refractivity contribution is 0.363. The van der Waals surface area contributed by atoms with Crippen LogP contribution in [0.1, 0.15) is 5.56 Å². The summed E-state index contributed by atoms with van der Waals surface area (Å²) in [5, 5.41) is 9.62. The zero-order valence-electron chi connectivity index (χ0n) is 8.20. The summed E-state index contributed by atoms with van der Waals surface area (Å²) in [5.41, 5.74) is 1.08. The van der Waals surface area contributed by atoms with Crippen LogP contribution >= 0.6 is 11.6 Å². The van der Waals surface area contributed by atoms with Gasteiger partial charge in [-0.05, 0) is 24.7 Å². The van der Waals surface area contributed by atoms with E-state index in [9.17, 15) is 5.11 Å². The van der Waals surface area contributed by atoms with Crippen molar-refractivity contribution >= 4 is 11.6 Å². The highest BCUT2D eigenvalue weighted by Gasteiger charge is 2.02. The van der Waals surface area contributed by atoms with E-state index in [2.05, 4.69) is 11.5 Å².